The summed E-state index contributed by atoms with van der Waals surface area (Å²) >= 11 is 0. The quantitative estimate of drug-likeness (QED) is 0.622. The first kappa shape index (κ1) is 16.3. The minimum atomic E-state index is 0.286. The predicted octanol–water partition coefficient (Wildman–Crippen LogP) is 4.06. The van der Waals surface area contributed by atoms with E-state index in [0.29, 0.717) is 17.1 Å². The van der Waals surface area contributed by atoms with E-state index >= 15 is 0 Å². The molecule has 1 heterocycles. The van der Waals surface area contributed by atoms with Crippen molar-refractivity contribution < 1.29 is 4.74 Å². The Bertz CT molecular complexity index is 757. The summed E-state index contributed by atoms with van der Waals surface area (Å²) in [5.74, 6) is 1.37. The van der Waals surface area contributed by atoms with Gasteiger partial charge in [-0.2, -0.15) is 5.26 Å². The fourth-order valence-electron chi connectivity index (χ4n) is 2.13. The van der Waals surface area contributed by atoms with E-state index in [1.807, 2.05) is 51.4 Å². The molecule has 1 aromatic rings. The molecule has 0 saturated carbocycles. The number of nitrogens with zero attached hydrogens (tertiary/aromatic N) is 3. The van der Waals surface area contributed by atoms with Crippen molar-refractivity contribution in [2.45, 2.75) is 6.92 Å². The third kappa shape index (κ3) is 4.21. The summed E-state index contributed by atoms with van der Waals surface area (Å²) in [5, 5.41) is 9.07. The van der Waals surface area contributed by atoms with E-state index in [-0.39, 0.29) is 5.70 Å². The Morgan fingerprint density at radius 3 is 2.48 bits per heavy atom. The van der Waals surface area contributed by atoms with Crippen LogP contribution in [0.25, 0.3) is 6.08 Å². The van der Waals surface area contributed by atoms with Crippen LogP contribution >= 0.6 is 0 Å². The number of ether oxygens (including phenoxy) is 1. The Hall–Kier alpha value is -3.06. The fraction of sp³-hybridized carbons (Fsp3) is 0.158. The van der Waals surface area contributed by atoms with Crippen LogP contribution in [0.5, 0.6) is 0 Å². The average Bonchev–Trinajstić information content (AvgIpc) is 2.54. The van der Waals surface area contributed by atoms with Gasteiger partial charge in [0, 0.05) is 25.4 Å². The average molecular weight is 305 g/mol. The number of aliphatic imine (C=N–C) groups is 1. The van der Waals surface area contributed by atoms with Gasteiger partial charge in [-0.15, -0.1) is 0 Å². The van der Waals surface area contributed by atoms with Crippen LogP contribution in [0.15, 0.2) is 70.3 Å². The van der Waals surface area contributed by atoms with Gasteiger partial charge in [0.05, 0.1) is 0 Å². The van der Waals surface area contributed by atoms with Crippen molar-refractivity contribution in [1.82, 2.24) is 0 Å². The van der Waals surface area contributed by atoms with Crippen molar-refractivity contribution in [3.63, 3.8) is 0 Å². The van der Waals surface area contributed by atoms with Crippen molar-refractivity contribution in [3.05, 3.63) is 70.8 Å². The Morgan fingerprint density at radius 1 is 1.22 bits per heavy atom. The van der Waals surface area contributed by atoms with Gasteiger partial charge >= 0.3 is 0 Å². The largest absolute Gasteiger partial charge is 0.462 e. The van der Waals surface area contributed by atoms with Crippen LogP contribution in [0.4, 0.5) is 5.69 Å². The minimum absolute atomic E-state index is 0.286. The van der Waals surface area contributed by atoms with Crippen molar-refractivity contribution >= 4 is 18.5 Å². The monoisotopic (exact) mass is 305 g/mol. The van der Waals surface area contributed by atoms with Crippen LogP contribution < -0.4 is 4.90 Å². The van der Waals surface area contributed by atoms with Crippen LogP contribution in [0, 0.1) is 11.3 Å². The lowest BCUT2D eigenvalue weighted by molar-refractivity contribution is 0.318. The normalized spacial score (nSPS) is 16.1. The molecule has 1 aliphatic heterocycles. The Kier molecular flexibility index (Phi) is 5.16. The van der Waals surface area contributed by atoms with Gasteiger partial charge in [0.2, 0.25) is 0 Å². The van der Waals surface area contributed by atoms with Gasteiger partial charge in [0.15, 0.2) is 0 Å². The maximum Gasteiger partial charge on any atom is 0.147 e. The number of anilines is 1. The first-order valence-electron chi connectivity index (χ1n) is 7.18. The smallest absolute Gasteiger partial charge is 0.147 e. The van der Waals surface area contributed by atoms with E-state index in [4.69, 9.17) is 10.00 Å². The predicted molar refractivity (Wildman–Crippen MR) is 94.9 cm³/mol. The molecule has 116 valence electrons. The van der Waals surface area contributed by atoms with Crippen molar-refractivity contribution in [1.29, 1.82) is 5.26 Å². The molecular weight excluding hydrogens is 286 g/mol. The molecule has 1 aromatic carbocycles. The van der Waals surface area contributed by atoms with Crippen molar-refractivity contribution in [3.8, 4) is 6.07 Å². The van der Waals surface area contributed by atoms with Gasteiger partial charge in [-0.1, -0.05) is 18.2 Å². The highest BCUT2D eigenvalue weighted by molar-refractivity contribution is 5.58. The zero-order valence-corrected chi connectivity index (χ0v) is 13.6. The van der Waals surface area contributed by atoms with Gasteiger partial charge in [-0.25, -0.2) is 0 Å². The van der Waals surface area contributed by atoms with E-state index in [2.05, 4.69) is 28.7 Å². The summed E-state index contributed by atoms with van der Waals surface area (Å²) in [4.78, 5) is 5.79. The number of benzene rings is 1. The summed E-state index contributed by atoms with van der Waals surface area (Å²) in [6.45, 7) is 5.26. The second kappa shape index (κ2) is 7.28. The van der Waals surface area contributed by atoms with Gasteiger partial charge in [-0.3, -0.25) is 4.99 Å². The summed E-state index contributed by atoms with van der Waals surface area (Å²) in [5.41, 5.74) is 3.21. The Balaban J connectivity index is 2.24. The molecule has 1 aliphatic rings. The molecular formula is C19H19N3O. The molecule has 0 N–H and O–H groups in total. The molecule has 0 saturated heterocycles. The van der Waals surface area contributed by atoms with Crippen LogP contribution in [0.2, 0.25) is 0 Å². The number of hydrogen-bond donors (Lipinski definition) is 0. The highest BCUT2D eigenvalue weighted by Crippen LogP contribution is 2.23. The molecule has 0 aliphatic carbocycles. The molecule has 2 rings (SSSR count). The highest BCUT2D eigenvalue weighted by atomic mass is 16.5. The molecule has 4 heteroatoms. The zero-order valence-electron chi connectivity index (χ0n) is 13.6. The molecule has 0 unspecified atom stereocenters. The van der Waals surface area contributed by atoms with Crippen LogP contribution in [-0.2, 0) is 4.74 Å². The Labute approximate surface area is 137 Å². The Morgan fingerprint density at radius 2 is 1.91 bits per heavy atom. The maximum absolute atomic E-state index is 9.07. The highest BCUT2D eigenvalue weighted by Gasteiger charge is 2.09. The molecule has 23 heavy (non-hydrogen) atoms. The third-order valence-corrected chi connectivity index (χ3v) is 3.32. The number of hydrogen-bond acceptors (Lipinski definition) is 4. The molecule has 4 nitrogen and oxygen atoms in total. The summed E-state index contributed by atoms with van der Waals surface area (Å²) in [7, 11) is 4.02. The lowest BCUT2D eigenvalue weighted by atomic mass is 10.1. The SMILES string of the molecule is C=N/C(C#N)=C1/C=C(C)OC(/C=C/c2ccc(N(C)C)cc2)=C1. The van der Waals surface area contributed by atoms with E-state index in [9.17, 15) is 0 Å². The van der Waals surface area contributed by atoms with E-state index < -0.39 is 0 Å². The van der Waals surface area contributed by atoms with Crippen LogP contribution in [0.1, 0.15) is 12.5 Å². The van der Waals surface area contributed by atoms with Gasteiger partial charge in [0.25, 0.3) is 0 Å². The first-order chi connectivity index (χ1) is 11.0. The second-order valence-corrected chi connectivity index (χ2v) is 5.30. The standard InChI is InChI=1S/C19H19N3O/c1-14-11-16(19(13-20)21-2)12-18(23-14)10-7-15-5-8-17(9-6-15)22(3)4/h5-12H,2H2,1,3-4H3/b10-7+,19-16-. The topological polar surface area (TPSA) is 48.6 Å². The maximum atomic E-state index is 9.07. The molecule has 0 aromatic heterocycles. The number of nitriles is 1. The second-order valence-electron chi connectivity index (χ2n) is 5.30. The van der Waals surface area contributed by atoms with Gasteiger partial charge in [0.1, 0.15) is 23.3 Å². The molecule has 0 fully saturated rings. The van der Waals surface area contributed by atoms with E-state index in [1.54, 1.807) is 12.2 Å². The third-order valence-electron chi connectivity index (χ3n) is 3.32. The number of allylic oxidation sites excluding steroid dienone is 6. The molecule has 0 spiro atoms. The molecule has 0 bridgehead atoms. The molecule has 0 atom stereocenters. The van der Waals surface area contributed by atoms with Crippen molar-refractivity contribution in [2.24, 2.45) is 4.99 Å². The minimum Gasteiger partial charge on any atom is -0.462 e. The fourth-order valence-corrected chi connectivity index (χ4v) is 2.13. The van der Waals surface area contributed by atoms with Gasteiger partial charge < -0.3 is 9.64 Å². The summed E-state index contributed by atoms with van der Waals surface area (Å²) < 4.78 is 5.66. The first-order valence-corrected chi connectivity index (χ1v) is 7.18. The van der Waals surface area contributed by atoms with Crippen molar-refractivity contribution in [2.75, 3.05) is 19.0 Å². The van der Waals surface area contributed by atoms with Gasteiger partial charge in [-0.05, 0) is 49.6 Å². The van der Waals surface area contributed by atoms with E-state index in [1.165, 1.54) is 0 Å². The van der Waals surface area contributed by atoms with Crippen LogP contribution in [-0.4, -0.2) is 20.8 Å². The lowest BCUT2D eigenvalue weighted by Gasteiger charge is -2.14. The zero-order chi connectivity index (χ0) is 16.8. The summed E-state index contributed by atoms with van der Waals surface area (Å²) in [6.07, 6.45) is 7.40. The molecule has 0 amide bonds. The molecule has 0 radical (unpaired) electrons. The van der Waals surface area contributed by atoms with Crippen LogP contribution in [0.3, 0.4) is 0 Å². The number of rotatable bonds is 4. The summed E-state index contributed by atoms with van der Waals surface area (Å²) in [6, 6.07) is 10.2. The van der Waals surface area contributed by atoms with E-state index in [0.717, 1.165) is 11.3 Å². The lowest BCUT2D eigenvalue weighted by Crippen LogP contribution is -2.07.